The Morgan fingerprint density at radius 3 is 2.71 bits per heavy atom. The van der Waals surface area contributed by atoms with Crippen molar-refractivity contribution in [3.63, 3.8) is 0 Å². The van der Waals surface area contributed by atoms with Gasteiger partial charge in [-0.25, -0.2) is 0 Å². The Morgan fingerprint density at radius 2 is 2.00 bits per heavy atom. The van der Waals surface area contributed by atoms with Crippen LogP contribution in [-0.4, -0.2) is 52.1 Å². The molecule has 0 radical (unpaired) electrons. The number of aryl methyl sites for hydroxylation is 1. The van der Waals surface area contributed by atoms with Crippen molar-refractivity contribution in [2.24, 2.45) is 5.92 Å². The Balaban J connectivity index is 1.56. The van der Waals surface area contributed by atoms with Gasteiger partial charge in [-0.05, 0) is 38.6 Å². The number of hydrogen-bond donors (Lipinski definition) is 0. The van der Waals surface area contributed by atoms with Crippen LogP contribution in [0.25, 0.3) is 0 Å². The summed E-state index contributed by atoms with van der Waals surface area (Å²) in [5, 5.41) is 7.91. The molecule has 2 aliphatic heterocycles. The van der Waals surface area contributed by atoms with Crippen molar-refractivity contribution < 1.29 is 9.21 Å². The molecule has 0 spiro atoms. The number of carbonyl (C=O) groups is 1. The molecule has 21 heavy (non-hydrogen) atoms. The highest BCUT2D eigenvalue weighted by Gasteiger charge is 2.30. The van der Waals surface area contributed by atoms with Crippen LogP contribution >= 0.6 is 0 Å². The normalized spacial score (nSPS) is 24.2. The summed E-state index contributed by atoms with van der Waals surface area (Å²) < 4.78 is 5.44. The molecule has 0 aliphatic carbocycles. The second-order valence-corrected chi connectivity index (χ2v) is 6.18. The van der Waals surface area contributed by atoms with Gasteiger partial charge in [0, 0.05) is 26.6 Å². The van der Waals surface area contributed by atoms with Gasteiger partial charge in [0.2, 0.25) is 17.7 Å². The van der Waals surface area contributed by atoms with Crippen LogP contribution in [0.1, 0.15) is 43.9 Å². The van der Waals surface area contributed by atoms with Gasteiger partial charge in [-0.3, -0.25) is 9.69 Å². The zero-order valence-electron chi connectivity index (χ0n) is 12.8. The van der Waals surface area contributed by atoms with E-state index in [0.29, 0.717) is 24.2 Å². The fourth-order valence-electron chi connectivity index (χ4n) is 3.37. The van der Waals surface area contributed by atoms with Gasteiger partial charge in [-0.15, -0.1) is 10.2 Å². The van der Waals surface area contributed by atoms with Gasteiger partial charge < -0.3 is 9.32 Å². The zero-order valence-corrected chi connectivity index (χ0v) is 12.8. The standard InChI is InChI=1S/C15H24N4O2/c1-12-16-17-14(21-12)11-18-7-5-6-13(10-18)15(20)19-8-3-2-4-9-19/h13H,2-11H2,1H3. The summed E-state index contributed by atoms with van der Waals surface area (Å²) in [5.74, 6) is 1.74. The molecule has 2 fully saturated rings. The third kappa shape index (κ3) is 3.61. The van der Waals surface area contributed by atoms with Gasteiger partial charge in [-0.2, -0.15) is 0 Å². The minimum absolute atomic E-state index is 0.140. The van der Waals surface area contributed by atoms with Gasteiger partial charge in [0.15, 0.2) is 0 Å². The maximum Gasteiger partial charge on any atom is 0.230 e. The molecule has 0 N–H and O–H groups in total. The first-order valence-corrected chi connectivity index (χ1v) is 8.02. The smallest absolute Gasteiger partial charge is 0.230 e. The Morgan fingerprint density at radius 1 is 1.19 bits per heavy atom. The van der Waals surface area contributed by atoms with Crippen LogP contribution in [0.4, 0.5) is 0 Å². The van der Waals surface area contributed by atoms with Crippen LogP contribution in [0.15, 0.2) is 4.42 Å². The number of rotatable bonds is 3. The lowest BCUT2D eigenvalue weighted by molar-refractivity contribution is -0.138. The van der Waals surface area contributed by atoms with Crippen molar-refractivity contribution in [2.45, 2.75) is 45.6 Å². The predicted molar refractivity (Wildman–Crippen MR) is 77.5 cm³/mol. The van der Waals surface area contributed by atoms with Crippen LogP contribution in [0.3, 0.4) is 0 Å². The van der Waals surface area contributed by atoms with Gasteiger partial charge in [0.25, 0.3) is 0 Å². The highest BCUT2D eigenvalue weighted by atomic mass is 16.4. The summed E-state index contributed by atoms with van der Waals surface area (Å²) in [6.07, 6.45) is 5.65. The molecule has 1 unspecified atom stereocenters. The van der Waals surface area contributed by atoms with Crippen molar-refractivity contribution in [2.75, 3.05) is 26.2 Å². The molecule has 116 valence electrons. The van der Waals surface area contributed by atoms with E-state index in [-0.39, 0.29) is 5.92 Å². The average Bonchev–Trinajstić information content (AvgIpc) is 2.93. The largest absolute Gasteiger partial charge is 0.424 e. The van der Waals surface area contributed by atoms with Gasteiger partial charge in [0.05, 0.1) is 12.5 Å². The summed E-state index contributed by atoms with van der Waals surface area (Å²) in [7, 11) is 0. The van der Waals surface area contributed by atoms with E-state index in [9.17, 15) is 4.79 Å². The van der Waals surface area contributed by atoms with Crippen molar-refractivity contribution in [3.05, 3.63) is 11.8 Å². The molecule has 1 aromatic heterocycles. The van der Waals surface area contributed by atoms with Gasteiger partial charge >= 0.3 is 0 Å². The number of amides is 1. The van der Waals surface area contributed by atoms with E-state index in [4.69, 9.17) is 4.42 Å². The van der Waals surface area contributed by atoms with E-state index in [1.807, 2.05) is 0 Å². The summed E-state index contributed by atoms with van der Waals surface area (Å²) in [5.41, 5.74) is 0. The van der Waals surface area contributed by atoms with Crippen LogP contribution < -0.4 is 0 Å². The minimum atomic E-state index is 0.140. The van der Waals surface area contributed by atoms with Crippen molar-refractivity contribution >= 4 is 5.91 Å². The molecule has 2 aliphatic rings. The van der Waals surface area contributed by atoms with Crippen molar-refractivity contribution in [1.82, 2.24) is 20.0 Å². The SMILES string of the molecule is Cc1nnc(CN2CCCC(C(=O)N3CCCCC3)C2)o1. The fraction of sp³-hybridized carbons (Fsp3) is 0.800. The lowest BCUT2D eigenvalue weighted by atomic mass is 9.95. The highest BCUT2D eigenvalue weighted by Crippen LogP contribution is 2.22. The zero-order chi connectivity index (χ0) is 14.7. The molecule has 0 saturated carbocycles. The van der Waals surface area contributed by atoms with Gasteiger partial charge in [-0.1, -0.05) is 0 Å². The lowest BCUT2D eigenvalue weighted by Crippen LogP contribution is -2.46. The molecule has 6 heteroatoms. The van der Waals surface area contributed by atoms with E-state index in [2.05, 4.69) is 20.0 Å². The number of hydrogen-bond acceptors (Lipinski definition) is 5. The van der Waals surface area contributed by atoms with Crippen molar-refractivity contribution in [1.29, 1.82) is 0 Å². The molecule has 1 amide bonds. The number of likely N-dealkylation sites (tertiary alicyclic amines) is 2. The summed E-state index contributed by atoms with van der Waals surface area (Å²) in [6, 6.07) is 0. The molecule has 0 bridgehead atoms. The van der Waals surface area contributed by atoms with E-state index < -0.39 is 0 Å². The average molecular weight is 292 g/mol. The van der Waals surface area contributed by atoms with Crippen LogP contribution in [-0.2, 0) is 11.3 Å². The minimum Gasteiger partial charge on any atom is -0.424 e. The van der Waals surface area contributed by atoms with E-state index in [1.54, 1.807) is 6.92 Å². The fourth-order valence-corrected chi connectivity index (χ4v) is 3.37. The molecular formula is C15H24N4O2. The van der Waals surface area contributed by atoms with E-state index in [0.717, 1.165) is 51.9 Å². The monoisotopic (exact) mass is 292 g/mol. The maximum atomic E-state index is 12.6. The number of nitrogens with zero attached hydrogens (tertiary/aromatic N) is 4. The highest BCUT2D eigenvalue weighted by molar-refractivity contribution is 5.79. The second-order valence-electron chi connectivity index (χ2n) is 6.18. The molecule has 3 heterocycles. The first-order valence-electron chi connectivity index (χ1n) is 8.02. The Labute approximate surface area is 125 Å². The first kappa shape index (κ1) is 14.5. The molecule has 0 aromatic carbocycles. The van der Waals surface area contributed by atoms with Crippen LogP contribution in [0.5, 0.6) is 0 Å². The Bertz CT molecular complexity index is 482. The molecular weight excluding hydrogens is 268 g/mol. The summed E-state index contributed by atoms with van der Waals surface area (Å²) in [6.45, 7) is 6.17. The molecule has 3 rings (SSSR count). The number of carbonyl (C=O) groups excluding carboxylic acids is 1. The maximum absolute atomic E-state index is 12.6. The van der Waals surface area contributed by atoms with Crippen LogP contribution in [0.2, 0.25) is 0 Å². The first-order chi connectivity index (χ1) is 10.2. The Hall–Kier alpha value is -1.43. The van der Waals surface area contributed by atoms with Crippen molar-refractivity contribution in [3.8, 4) is 0 Å². The number of piperidine rings is 2. The van der Waals surface area contributed by atoms with E-state index >= 15 is 0 Å². The predicted octanol–water partition coefficient (Wildman–Crippen LogP) is 1.60. The lowest BCUT2D eigenvalue weighted by Gasteiger charge is -2.35. The molecule has 1 aromatic rings. The molecule has 2 saturated heterocycles. The van der Waals surface area contributed by atoms with Crippen LogP contribution in [0, 0.1) is 12.8 Å². The molecule has 6 nitrogen and oxygen atoms in total. The van der Waals surface area contributed by atoms with Gasteiger partial charge in [0.1, 0.15) is 0 Å². The summed E-state index contributed by atoms with van der Waals surface area (Å²) >= 11 is 0. The topological polar surface area (TPSA) is 62.5 Å². The second kappa shape index (κ2) is 6.56. The third-order valence-electron chi connectivity index (χ3n) is 4.45. The quantitative estimate of drug-likeness (QED) is 0.847. The third-order valence-corrected chi connectivity index (χ3v) is 4.45. The van der Waals surface area contributed by atoms with E-state index in [1.165, 1.54) is 6.42 Å². The summed E-state index contributed by atoms with van der Waals surface area (Å²) in [4.78, 5) is 16.9. The number of aromatic nitrogens is 2. The Kier molecular flexibility index (Phi) is 4.53. The molecule has 1 atom stereocenters.